The number of benzene rings is 1. The summed E-state index contributed by atoms with van der Waals surface area (Å²) in [4.78, 5) is 0. The number of hydrogen-bond acceptors (Lipinski definition) is 2. The van der Waals surface area contributed by atoms with Gasteiger partial charge in [-0.15, -0.1) is 6.58 Å². The van der Waals surface area contributed by atoms with Crippen molar-refractivity contribution in [1.29, 1.82) is 0 Å². The summed E-state index contributed by atoms with van der Waals surface area (Å²) in [6.07, 6.45) is 7.60. The molecule has 0 radical (unpaired) electrons. The van der Waals surface area contributed by atoms with E-state index in [4.69, 9.17) is 5.11 Å². The van der Waals surface area contributed by atoms with Gasteiger partial charge >= 0.3 is 0 Å². The van der Waals surface area contributed by atoms with E-state index in [2.05, 4.69) is 37.6 Å². The number of halogens is 3. The van der Waals surface area contributed by atoms with Gasteiger partial charge in [-0.05, 0) is 30.2 Å². The average molecular weight is 402 g/mol. The van der Waals surface area contributed by atoms with Crippen molar-refractivity contribution in [3.63, 3.8) is 0 Å². The zero-order valence-electron chi connectivity index (χ0n) is 16.6. The number of hydrogen-bond donors (Lipinski definition) is 1. The summed E-state index contributed by atoms with van der Waals surface area (Å²) < 4.78 is 45.7. The molecular weight excluding hydrogens is 377 g/mol. The molecule has 0 aromatic heterocycles. The van der Waals surface area contributed by atoms with Crippen LogP contribution in [0, 0.1) is 5.82 Å². The van der Waals surface area contributed by atoms with E-state index in [1.807, 2.05) is 6.92 Å². The zero-order chi connectivity index (χ0) is 22.6. The van der Waals surface area contributed by atoms with E-state index in [1.54, 1.807) is 6.08 Å². The highest BCUT2D eigenvalue weighted by Gasteiger charge is 2.14. The van der Waals surface area contributed by atoms with Crippen LogP contribution in [0.1, 0.15) is 12.5 Å². The van der Waals surface area contributed by atoms with Gasteiger partial charge in [-0.2, -0.15) is 4.39 Å². The van der Waals surface area contributed by atoms with Crippen LogP contribution in [-0.2, 0) is 4.74 Å². The lowest BCUT2D eigenvalue weighted by atomic mass is 10.1. The van der Waals surface area contributed by atoms with E-state index in [1.165, 1.54) is 43.5 Å². The number of allylic oxidation sites excluding steroid dienone is 9. The second kappa shape index (κ2) is 12.8. The molecule has 0 unspecified atom stereocenters. The third kappa shape index (κ3) is 8.84. The monoisotopic (exact) mass is 402 g/mol. The molecule has 0 atom stereocenters. The molecule has 0 saturated heterocycles. The van der Waals surface area contributed by atoms with Crippen molar-refractivity contribution in [2.45, 2.75) is 6.92 Å². The van der Waals surface area contributed by atoms with Crippen LogP contribution in [0.15, 0.2) is 110 Å². The Balaban J connectivity index is 0.00000245. The molecule has 0 fully saturated rings. The van der Waals surface area contributed by atoms with Gasteiger partial charge in [0.1, 0.15) is 17.3 Å². The molecule has 154 valence electrons. The summed E-state index contributed by atoms with van der Waals surface area (Å²) in [6.45, 7) is 19.3. The quantitative estimate of drug-likeness (QED) is 0.281. The predicted octanol–water partition coefficient (Wildman–Crippen LogP) is 7.27. The maximum atomic E-state index is 13.9. The molecule has 0 aliphatic carbocycles. The van der Waals surface area contributed by atoms with Crippen LogP contribution in [0.3, 0.4) is 0 Å². The molecule has 1 N–H and O–H groups in total. The summed E-state index contributed by atoms with van der Waals surface area (Å²) in [5, 5.41) is 9.16. The number of aromatic hydroxyl groups is 1. The van der Waals surface area contributed by atoms with E-state index in [-0.39, 0.29) is 22.5 Å². The van der Waals surface area contributed by atoms with E-state index in [9.17, 15) is 13.2 Å². The van der Waals surface area contributed by atoms with Crippen molar-refractivity contribution >= 4 is 6.08 Å². The summed E-state index contributed by atoms with van der Waals surface area (Å²) in [7, 11) is 1.17. The largest absolute Gasteiger partial charge is 0.508 e. The predicted molar refractivity (Wildman–Crippen MR) is 115 cm³/mol. The summed E-state index contributed by atoms with van der Waals surface area (Å²) in [6, 6.07) is 3.75. The smallest absolute Gasteiger partial charge is 0.200 e. The third-order valence-corrected chi connectivity index (χ3v) is 3.30. The van der Waals surface area contributed by atoms with Crippen molar-refractivity contribution in [1.82, 2.24) is 0 Å². The van der Waals surface area contributed by atoms with Gasteiger partial charge in [-0.1, -0.05) is 56.7 Å². The second-order valence-corrected chi connectivity index (χ2v) is 5.61. The van der Waals surface area contributed by atoms with Crippen LogP contribution in [0.4, 0.5) is 13.2 Å². The molecule has 0 aliphatic heterocycles. The molecule has 0 amide bonds. The highest BCUT2D eigenvalue weighted by molar-refractivity contribution is 5.57. The molecule has 0 aliphatic rings. The fourth-order valence-electron chi connectivity index (χ4n) is 1.70. The van der Waals surface area contributed by atoms with Crippen molar-refractivity contribution in [3.8, 4) is 5.75 Å². The Morgan fingerprint density at radius 1 is 1.03 bits per heavy atom. The maximum Gasteiger partial charge on any atom is 0.200 e. The van der Waals surface area contributed by atoms with Crippen molar-refractivity contribution < 1.29 is 23.0 Å². The molecule has 0 bridgehead atoms. The fourth-order valence-corrected chi connectivity index (χ4v) is 1.70. The first-order valence-corrected chi connectivity index (χ1v) is 8.36. The number of rotatable bonds is 8. The normalized spacial score (nSPS) is 11.3. The molecule has 5 heteroatoms. The second-order valence-electron chi connectivity index (χ2n) is 5.61. The van der Waals surface area contributed by atoms with Gasteiger partial charge in [0.05, 0.1) is 7.11 Å². The fraction of sp³-hybridized carbons (Fsp3) is 0.0833. The van der Waals surface area contributed by atoms with Crippen LogP contribution in [0.25, 0.3) is 6.08 Å². The Bertz CT molecular complexity index is 887. The first kappa shape index (κ1) is 25.5. The minimum absolute atomic E-state index is 0.118. The van der Waals surface area contributed by atoms with Crippen molar-refractivity contribution in [2.75, 3.05) is 7.11 Å². The molecule has 2 nitrogen and oxygen atoms in total. The molecular formula is C24H25F3O2. The van der Waals surface area contributed by atoms with E-state index < -0.39 is 23.2 Å². The number of methoxy groups -OCH3 is 1. The summed E-state index contributed by atoms with van der Waals surface area (Å²) >= 11 is 0. The highest BCUT2D eigenvalue weighted by Crippen LogP contribution is 2.26. The molecule has 0 spiro atoms. The molecule has 1 aromatic rings. The number of phenols is 1. The van der Waals surface area contributed by atoms with E-state index >= 15 is 0 Å². The maximum absolute atomic E-state index is 13.9. The first-order chi connectivity index (χ1) is 13.6. The van der Waals surface area contributed by atoms with E-state index in [0.29, 0.717) is 5.57 Å². The van der Waals surface area contributed by atoms with Gasteiger partial charge in [0.15, 0.2) is 5.83 Å². The van der Waals surface area contributed by atoms with Crippen molar-refractivity contribution in [2.24, 2.45) is 0 Å². The Morgan fingerprint density at radius 3 is 2.14 bits per heavy atom. The lowest BCUT2D eigenvalue weighted by Gasteiger charge is -2.06. The Morgan fingerprint density at radius 2 is 1.62 bits per heavy atom. The third-order valence-electron chi connectivity index (χ3n) is 3.30. The van der Waals surface area contributed by atoms with Gasteiger partial charge in [0, 0.05) is 17.2 Å². The van der Waals surface area contributed by atoms with Gasteiger partial charge < -0.3 is 9.84 Å². The summed E-state index contributed by atoms with van der Waals surface area (Å²) in [5.41, 5.74) is 0.567. The standard InChI is InChI=1S/C21H19F3O2.C3H6/c1-13(7-9-17-10-11-18(25)12-19(17)22)6-8-14(2)15(3)20(23)21(24)16(4)26-5;1-3-2/h6-12,25H,1-4H2,5H3;3H,1H2,2H3/b8-6-,9-7+,21-20-;. The van der Waals surface area contributed by atoms with Crippen LogP contribution >= 0.6 is 0 Å². The van der Waals surface area contributed by atoms with Gasteiger partial charge in [-0.25, -0.2) is 8.78 Å². The van der Waals surface area contributed by atoms with Crippen molar-refractivity contribution in [3.05, 3.63) is 121 Å². The Labute approximate surface area is 170 Å². The van der Waals surface area contributed by atoms with E-state index in [0.717, 1.165) is 6.07 Å². The van der Waals surface area contributed by atoms with Gasteiger partial charge in [0.25, 0.3) is 0 Å². The Kier molecular flexibility index (Phi) is 11.3. The highest BCUT2D eigenvalue weighted by atomic mass is 19.2. The minimum atomic E-state index is -1.26. The van der Waals surface area contributed by atoms with Crippen LogP contribution in [0.5, 0.6) is 5.75 Å². The molecule has 1 rings (SSSR count). The number of ether oxygens (including phenoxy) is 1. The number of phenolic OH excluding ortho intramolecular Hbond substituents is 1. The van der Waals surface area contributed by atoms with Gasteiger partial charge in [0.2, 0.25) is 5.83 Å². The van der Waals surface area contributed by atoms with Crippen LogP contribution in [0.2, 0.25) is 0 Å². The minimum Gasteiger partial charge on any atom is -0.508 e. The van der Waals surface area contributed by atoms with Crippen LogP contribution in [-0.4, -0.2) is 12.2 Å². The first-order valence-electron chi connectivity index (χ1n) is 8.36. The average Bonchev–Trinajstić information content (AvgIpc) is 2.69. The SMILES string of the molecule is C=C(/C=C\C(=C)C(=C)/C(F)=C(/F)C(=C)OC)/C=C/c1ccc(O)cc1F.C=CC. The van der Waals surface area contributed by atoms with Crippen LogP contribution < -0.4 is 0 Å². The molecule has 0 saturated carbocycles. The molecule has 29 heavy (non-hydrogen) atoms. The Hall–Kier alpha value is -3.47. The lowest BCUT2D eigenvalue weighted by Crippen LogP contribution is -1.93. The van der Waals surface area contributed by atoms with Gasteiger partial charge in [-0.3, -0.25) is 0 Å². The summed E-state index contributed by atoms with van der Waals surface area (Å²) in [5.74, 6) is -3.69. The zero-order valence-corrected chi connectivity index (χ0v) is 16.6. The topological polar surface area (TPSA) is 29.5 Å². The molecule has 0 heterocycles. The lowest BCUT2D eigenvalue weighted by molar-refractivity contribution is 0.281. The molecule has 1 aromatic carbocycles.